The van der Waals surface area contributed by atoms with E-state index in [0.717, 1.165) is 11.4 Å². The van der Waals surface area contributed by atoms with Crippen molar-refractivity contribution < 1.29 is 0 Å². The molecule has 104 valence electrons. The maximum absolute atomic E-state index is 5.75. The van der Waals surface area contributed by atoms with Crippen LogP contribution in [0.25, 0.3) is 0 Å². The molecule has 1 aromatic carbocycles. The van der Waals surface area contributed by atoms with Crippen LogP contribution in [0.1, 0.15) is 43.6 Å². The normalized spacial score (nSPS) is 16.0. The zero-order chi connectivity index (χ0) is 13.8. The molecule has 0 bridgehead atoms. The van der Waals surface area contributed by atoms with Gasteiger partial charge in [-0.25, -0.2) is 9.97 Å². The Morgan fingerprint density at radius 3 is 2.50 bits per heavy atom. The number of nitrogens with one attached hydrogen (secondary N) is 1. The summed E-state index contributed by atoms with van der Waals surface area (Å²) in [6.45, 7) is 0. The van der Waals surface area contributed by atoms with Crippen molar-refractivity contribution in [2.75, 3.05) is 11.1 Å². The highest BCUT2D eigenvalue weighted by Crippen LogP contribution is 2.32. The molecule has 3 rings (SSSR count). The summed E-state index contributed by atoms with van der Waals surface area (Å²) >= 11 is 0. The van der Waals surface area contributed by atoms with E-state index in [-0.39, 0.29) is 0 Å². The lowest BCUT2D eigenvalue weighted by atomic mass is 9.85. The first-order valence-electron chi connectivity index (χ1n) is 7.26. The average Bonchev–Trinajstić information content (AvgIpc) is 2.49. The molecule has 0 saturated heterocycles. The van der Waals surface area contributed by atoms with Gasteiger partial charge in [0.25, 0.3) is 0 Å². The molecular formula is C16H20N4. The van der Waals surface area contributed by atoms with Gasteiger partial charge in [-0.05, 0) is 42.5 Å². The average molecular weight is 268 g/mol. The van der Waals surface area contributed by atoms with Crippen LogP contribution in [0.2, 0.25) is 0 Å². The van der Waals surface area contributed by atoms with E-state index >= 15 is 0 Å². The first kappa shape index (κ1) is 12.9. The fourth-order valence-electron chi connectivity index (χ4n) is 2.79. The zero-order valence-corrected chi connectivity index (χ0v) is 11.5. The number of benzene rings is 1. The molecule has 1 fully saturated rings. The molecular weight excluding hydrogens is 248 g/mol. The van der Waals surface area contributed by atoms with Crippen molar-refractivity contribution in [3.63, 3.8) is 0 Å². The second-order valence-corrected chi connectivity index (χ2v) is 5.43. The summed E-state index contributed by atoms with van der Waals surface area (Å²) in [6, 6.07) is 7.60. The minimum atomic E-state index is 0.621. The molecule has 4 nitrogen and oxygen atoms in total. The van der Waals surface area contributed by atoms with Crippen LogP contribution in [0.15, 0.2) is 36.7 Å². The number of anilines is 3. The molecule has 3 N–H and O–H groups in total. The molecule has 1 aromatic heterocycles. The number of nitrogens with two attached hydrogens (primary N) is 1. The van der Waals surface area contributed by atoms with Crippen molar-refractivity contribution in [2.45, 2.75) is 38.0 Å². The predicted molar refractivity (Wildman–Crippen MR) is 82.0 cm³/mol. The van der Waals surface area contributed by atoms with E-state index < -0.39 is 0 Å². The maximum atomic E-state index is 5.75. The smallest absolute Gasteiger partial charge is 0.227 e. The molecule has 1 aliphatic rings. The number of nitrogens with zero attached hydrogens (tertiary/aromatic N) is 2. The van der Waals surface area contributed by atoms with Gasteiger partial charge in [-0.1, -0.05) is 25.3 Å². The molecule has 0 spiro atoms. The lowest BCUT2D eigenvalue weighted by Crippen LogP contribution is -2.06. The summed E-state index contributed by atoms with van der Waals surface area (Å²) in [6.07, 6.45) is 10.5. The fraction of sp³-hybridized carbons (Fsp3) is 0.375. The van der Waals surface area contributed by atoms with Crippen LogP contribution in [-0.2, 0) is 0 Å². The largest absolute Gasteiger partial charge is 0.399 e. The van der Waals surface area contributed by atoms with Gasteiger partial charge in [0.1, 0.15) is 0 Å². The molecule has 2 aromatic rings. The van der Waals surface area contributed by atoms with Crippen LogP contribution >= 0.6 is 0 Å². The van der Waals surface area contributed by atoms with E-state index in [2.05, 4.69) is 15.3 Å². The van der Waals surface area contributed by atoms with Crippen molar-refractivity contribution in [3.05, 3.63) is 42.2 Å². The molecule has 20 heavy (non-hydrogen) atoms. The molecule has 1 saturated carbocycles. The quantitative estimate of drug-likeness (QED) is 0.830. The zero-order valence-electron chi connectivity index (χ0n) is 11.5. The lowest BCUT2D eigenvalue weighted by Gasteiger charge is -2.21. The van der Waals surface area contributed by atoms with Gasteiger partial charge >= 0.3 is 0 Å². The van der Waals surface area contributed by atoms with Crippen LogP contribution in [0, 0.1) is 0 Å². The van der Waals surface area contributed by atoms with Gasteiger partial charge in [0, 0.05) is 23.8 Å². The first-order valence-corrected chi connectivity index (χ1v) is 7.26. The van der Waals surface area contributed by atoms with E-state index in [9.17, 15) is 0 Å². The third-order valence-electron chi connectivity index (χ3n) is 3.89. The Balaban J connectivity index is 1.69. The van der Waals surface area contributed by atoms with Gasteiger partial charge < -0.3 is 11.1 Å². The Labute approximate surface area is 119 Å². The molecule has 0 amide bonds. The van der Waals surface area contributed by atoms with E-state index in [1.807, 2.05) is 36.7 Å². The monoisotopic (exact) mass is 268 g/mol. The fourth-order valence-corrected chi connectivity index (χ4v) is 2.79. The summed E-state index contributed by atoms with van der Waals surface area (Å²) < 4.78 is 0. The van der Waals surface area contributed by atoms with Crippen LogP contribution in [-0.4, -0.2) is 9.97 Å². The standard InChI is InChI=1S/C16H20N4/c17-14-7-4-8-15(9-14)20-16-18-10-13(11-19-16)12-5-2-1-3-6-12/h4,7-12H,1-3,5-6,17H2,(H,18,19,20). The minimum absolute atomic E-state index is 0.621. The molecule has 1 heterocycles. The van der Waals surface area contributed by atoms with E-state index in [1.165, 1.54) is 37.7 Å². The Morgan fingerprint density at radius 2 is 1.80 bits per heavy atom. The SMILES string of the molecule is Nc1cccc(Nc2ncc(C3CCCCC3)cn2)c1. The van der Waals surface area contributed by atoms with E-state index in [0.29, 0.717) is 11.9 Å². The van der Waals surface area contributed by atoms with E-state index in [4.69, 9.17) is 5.73 Å². The number of hydrogen-bond donors (Lipinski definition) is 2. The van der Waals surface area contributed by atoms with Gasteiger partial charge in [-0.3, -0.25) is 0 Å². The number of hydrogen-bond acceptors (Lipinski definition) is 4. The second-order valence-electron chi connectivity index (χ2n) is 5.43. The summed E-state index contributed by atoms with van der Waals surface area (Å²) in [7, 11) is 0. The summed E-state index contributed by atoms with van der Waals surface area (Å²) in [5.41, 5.74) is 8.66. The molecule has 0 unspecified atom stereocenters. The number of nitrogen functional groups attached to an aromatic ring is 1. The highest BCUT2D eigenvalue weighted by atomic mass is 15.1. The topological polar surface area (TPSA) is 63.8 Å². The van der Waals surface area contributed by atoms with Crippen molar-refractivity contribution >= 4 is 17.3 Å². The summed E-state index contributed by atoms with van der Waals surface area (Å²) in [4.78, 5) is 8.83. The van der Waals surface area contributed by atoms with E-state index in [1.54, 1.807) is 0 Å². The number of aromatic nitrogens is 2. The van der Waals surface area contributed by atoms with Gasteiger partial charge in [-0.15, -0.1) is 0 Å². The third-order valence-corrected chi connectivity index (χ3v) is 3.89. The number of rotatable bonds is 3. The molecule has 0 atom stereocenters. The Bertz CT molecular complexity index is 559. The lowest BCUT2D eigenvalue weighted by molar-refractivity contribution is 0.442. The van der Waals surface area contributed by atoms with Gasteiger partial charge in [0.05, 0.1) is 0 Å². The maximum Gasteiger partial charge on any atom is 0.227 e. The van der Waals surface area contributed by atoms with Gasteiger partial charge in [-0.2, -0.15) is 0 Å². The summed E-state index contributed by atoms with van der Waals surface area (Å²) in [5, 5.41) is 3.17. The molecule has 0 radical (unpaired) electrons. The summed E-state index contributed by atoms with van der Waals surface area (Å²) in [5.74, 6) is 1.26. The Hall–Kier alpha value is -2.10. The van der Waals surface area contributed by atoms with Crippen LogP contribution in [0.4, 0.5) is 17.3 Å². The molecule has 1 aliphatic carbocycles. The minimum Gasteiger partial charge on any atom is -0.399 e. The van der Waals surface area contributed by atoms with Crippen molar-refractivity contribution in [1.29, 1.82) is 0 Å². The highest BCUT2D eigenvalue weighted by molar-refractivity contribution is 5.59. The van der Waals surface area contributed by atoms with Crippen molar-refractivity contribution in [3.8, 4) is 0 Å². The predicted octanol–water partition coefficient (Wildman–Crippen LogP) is 3.85. The second kappa shape index (κ2) is 5.90. The Kier molecular flexibility index (Phi) is 3.81. The molecule has 4 heteroatoms. The highest BCUT2D eigenvalue weighted by Gasteiger charge is 2.16. The van der Waals surface area contributed by atoms with Crippen LogP contribution in [0.3, 0.4) is 0 Å². The van der Waals surface area contributed by atoms with Crippen molar-refractivity contribution in [1.82, 2.24) is 9.97 Å². The first-order chi connectivity index (χ1) is 9.81. The Morgan fingerprint density at radius 1 is 1.05 bits per heavy atom. The van der Waals surface area contributed by atoms with Gasteiger partial charge in [0.15, 0.2) is 0 Å². The third kappa shape index (κ3) is 3.07. The van der Waals surface area contributed by atoms with Crippen LogP contribution < -0.4 is 11.1 Å². The molecule has 0 aliphatic heterocycles. The van der Waals surface area contributed by atoms with Crippen molar-refractivity contribution in [2.24, 2.45) is 0 Å². The van der Waals surface area contributed by atoms with Gasteiger partial charge in [0.2, 0.25) is 5.95 Å². The van der Waals surface area contributed by atoms with Crippen LogP contribution in [0.5, 0.6) is 0 Å².